The summed E-state index contributed by atoms with van der Waals surface area (Å²) >= 11 is 0. The normalized spacial score (nSPS) is 25.7. The Labute approximate surface area is 147 Å². The van der Waals surface area contributed by atoms with Crippen molar-refractivity contribution in [3.63, 3.8) is 0 Å². The lowest BCUT2D eigenvalue weighted by atomic mass is 10.1. The molecule has 3 heterocycles. The molecule has 3 aromatic rings. The fourth-order valence-electron chi connectivity index (χ4n) is 3.00. The molecule has 1 aliphatic rings. The van der Waals surface area contributed by atoms with Crippen LogP contribution in [0, 0.1) is 0 Å². The molecule has 0 aliphatic carbocycles. The van der Waals surface area contributed by atoms with Crippen LogP contribution in [0.1, 0.15) is 0 Å². The lowest BCUT2D eigenvalue weighted by Crippen LogP contribution is -2.46. The van der Waals surface area contributed by atoms with E-state index in [1.165, 1.54) is 23.3 Å². The van der Waals surface area contributed by atoms with Crippen LogP contribution in [-0.2, 0) is 10.5 Å². The third-order valence-electron chi connectivity index (χ3n) is 4.38. The summed E-state index contributed by atoms with van der Waals surface area (Å²) in [6.07, 6.45) is 0.381. The van der Waals surface area contributed by atoms with E-state index in [4.69, 9.17) is 4.74 Å². The molecule has 2 aromatic heterocycles. The van der Waals surface area contributed by atoms with Gasteiger partial charge in [-0.25, -0.2) is 15.0 Å². The van der Waals surface area contributed by atoms with Gasteiger partial charge in [-0.2, -0.15) is 0 Å². The Bertz CT molecular complexity index is 948. The van der Waals surface area contributed by atoms with Crippen molar-refractivity contribution >= 4 is 22.7 Å². The molecule has 1 aliphatic heterocycles. The van der Waals surface area contributed by atoms with Crippen LogP contribution in [0.2, 0.25) is 0 Å². The van der Waals surface area contributed by atoms with E-state index in [1.54, 1.807) is 18.2 Å². The Hall–Kier alpha value is -2.79. The third-order valence-corrected chi connectivity index (χ3v) is 4.38. The lowest BCUT2D eigenvalue weighted by molar-refractivity contribution is -0.110. The van der Waals surface area contributed by atoms with Crippen molar-refractivity contribution < 1.29 is 25.2 Å². The first-order valence-corrected chi connectivity index (χ1v) is 7.90. The number of aliphatic hydroxyl groups excluding tert-OH is 2. The average Bonchev–Trinajstić information content (AvgIpc) is 3.19. The first kappa shape index (κ1) is 16.7. The third kappa shape index (κ3) is 2.56. The van der Waals surface area contributed by atoms with Gasteiger partial charge in [0.05, 0.1) is 19.5 Å². The Kier molecular flexibility index (Phi) is 3.96. The van der Waals surface area contributed by atoms with Crippen LogP contribution in [-0.4, -0.2) is 65.4 Å². The number of aromatic hydroxyl groups is 1. The summed E-state index contributed by atoms with van der Waals surface area (Å²) in [4.78, 5) is 12.5. The van der Waals surface area contributed by atoms with Crippen molar-refractivity contribution in [3.05, 3.63) is 36.9 Å². The number of benzene rings is 1. The van der Waals surface area contributed by atoms with Crippen molar-refractivity contribution in [1.82, 2.24) is 19.5 Å². The van der Waals surface area contributed by atoms with Gasteiger partial charge in [0, 0.05) is 11.8 Å². The summed E-state index contributed by atoms with van der Waals surface area (Å²) in [6.45, 7) is -0.639. The number of nitrogens with zero attached hydrogens (tertiary/aromatic N) is 4. The molecule has 4 rings (SSSR count). The minimum atomic E-state index is -1.81. The van der Waals surface area contributed by atoms with Crippen molar-refractivity contribution in [2.24, 2.45) is 0 Å². The van der Waals surface area contributed by atoms with E-state index in [0.717, 1.165) is 0 Å². The molecule has 0 saturated carbocycles. The summed E-state index contributed by atoms with van der Waals surface area (Å²) in [6, 6.07) is 6.50. The Morgan fingerprint density at radius 2 is 2.15 bits per heavy atom. The Balaban J connectivity index is 1.74. The predicted octanol–water partition coefficient (Wildman–Crippen LogP) is -0.327. The molecule has 10 heteroatoms. The topological polar surface area (TPSA) is 146 Å². The predicted molar refractivity (Wildman–Crippen MR) is 89.7 cm³/mol. The van der Waals surface area contributed by atoms with E-state index < -0.39 is 24.5 Å². The highest BCUT2D eigenvalue weighted by atomic mass is 16.5. The molecule has 1 aromatic carbocycles. The fourth-order valence-corrected chi connectivity index (χ4v) is 3.00. The lowest BCUT2D eigenvalue weighted by Gasteiger charge is -2.27. The van der Waals surface area contributed by atoms with Crippen molar-refractivity contribution in [3.8, 4) is 5.75 Å². The van der Waals surface area contributed by atoms with Gasteiger partial charge < -0.3 is 30.5 Å². The number of nitrogens with one attached hydrogen (secondary N) is 1. The van der Waals surface area contributed by atoms with Crippen molar-refractivity contribution in [1.29, 1.82) is 0 Å². The molecule has 0 radical (unpaired) electrons. The molecule has 1 fully saturated rings. The number of phenols is 1. The van der Waals surface area contributed by atoms with Crippen LogP contribution in [0.5, 0.6) is 5.75 Å². The van der Waals surface area contributed by atoms with Crippen LogP contribution in [0.3, 0.4) is 0 Å². The molecule has 26 heavy (non-hydrogen) atoms. The SMILES string of the molecule is OCC1OCC(O)(n2cnc3c(Nc4cccc(O)c4)ncnc32)C1O. The van der Waals surface area contributed by atoms with Gasteiger partial charge in [-0.05, 0) is 12.1 Å². The maximum atomic E-state index is 10.9. The number of hydrogen-bond donors (Lipinski definition) is 5. The Morgan fingerprint density at radius 3 is 2.88 bits per heavy atom. The zero-order valence-electron chi connectivity index (χ0n) is 13.5. The van der Waals surface area contributed by atoms with Gasteiger partial charge in [-0.3, -0.25) is 4.57 Å². The number of aliphatic hydroxyl groups is 3. The van der Waals surface area contributed by atoms with Crippen LogP contribution in [0.25, 0.3) is 11.2 Å². The van der Waals surface area contributed by atoms with Crippen LogP contribution in [0.4, 0.5) is 11.5 Å². The second-order valence-corrected chi connectivity index (χ2v) is 6.04. The second kappa shape index (κ2) is 6.18. The number of fused-ring (bicyclic) bond motifs is 1. The maximum absolute atomic E-state index is 10.9. The molecule has 0 bridgehead atoms. The van der Waals surface area contributed by atoms with E-state index in [1.807, 2.05) is 0 Å². The summed E-state index contributed by atoms with van der Waals surface area (Å²) in [5, 5.41) is 43.0. The van der Waals surface area contributed by atoms with Gasteiger partial charge in [0.2, 0.25) is 0 Å². The molecule has 3 atom stereocenters. The first-order chi connectivity index (χ1) is 12.5. The molecular weight excluding hydrogens is 342 g/mol. The fraction of sp³-hybridized carbons (Fsp3) is 0.312. The number of aromatic nitrogens is 4. The number of imidazole rings is 1. The first-order valence-electron chi connectivity index (χ1n) is 7.90. The van der Waals surface area contributed by atoms with Gasteiger partial charge >= 0.3 is 0 Å². The maximum Gasteiger partial charge on any atom is 0.197 e. The largest absolute Gasteiger partial charge is 0.508 e. The van der Waals surface area contributed by atoms with E-state index >= 15 is 0 Å². The van der Waals surface area contributed by atoms with Crippen molar-refractivity contribution in [2.45, 2.75) is 17.9 Å². The van der Waals surface area contributed by atoms with E-state index in [-0.39, 0.29) is 18.0 Å². The van der Waals surface area contributed by atoms with Gasteiger partial charge in [-0.1, -0.05) is 6.07 Å². The van der Waals surface area contributed by atoms with Crippen molar-refractivity contribution in [2.75, 3.05) is 18.5 Å². The highest BCUT2D eigenvalue weighted by molar-refractivity contribution is 5.85. The Morgan fingerprint density at radius 1 is 1.31 bits per heavy atom. The van der Waals surface area contributed by atoms with Gasteiger partial charge in [0.25, 0.3) is 0 Å². The molecule has 3 unspecified atom stereocenters. The zero-order chi connectivity index (χ0) is 18.3. The quantitative estimate of drug-likeness (QED) is 0.423. The standard InChI is InChI=1S/C16H17N5O5/c22-5-11-13(24)16(25,6-26-11)21-8-19-12-14(17-7-18-15(12)21)20-9-2-1-3-10(23)4-9/h1-4,7-8,11,13,22-25H,5-6H2,(H,17,18,20). The molecule has 136 valence electrons. The molecule has 10 nitrogen and oxygen atoms in total. The van der Waals surface area contributed by atoms with Crippen LogP contribution < -0.4 is 5.32 Å². The number of anilines is 2. The van der Waals surface area contributed by atoms with Gasteiger partial charge in [0.1, 0.15) is 24.3 Å². The van der Waals surface area contributed by atoms with Crippen LogP contribution in [0.15, 0.2) is 36.9 Å². The summed E-state index contributed by atoms with van der Waals surface area (Å²) in [7, 11) is 0. The minimum Gasteiger partial charge on any atom is -0.508 e. The molecule has 5 N–H and O–H groups in total. The molecule has 1 saturated heterocycles. The smallest absolute Gasteiger partial charge is 0.197 e. The number of phenolic OH excluding ortho intramolecular Hbond substituents is 1. The van der Waals surface area contributed by atoms with E-state index in [9.17, 15) is 20.4 Å². The molecule has 0 amide bonds. The highest BCUT2D eigenvalue weighted by Gasteiger charge is 2.50. The number of hydrogen-bond acceptors (Lipinski definition) is 9. The highest BCUT2D eigenvalue weighted by Crippen LogP contribution is 2.33. The van der Waals surface area contributed by atoms with E-state index in [2.05, 4.69) is 20.3 Å². The summed E-state index contributed by atoms with van der Waals surface area (Å²) in [5.74, 6) is 0.469. The molecular formula is C16H17N5O5. The molecule has 0 spiro atoms. The van der Waals surface area contributed by atoms with Crippen LogP contribution >= 0.6 is 0 Å². The summed E-state index contributed by atoms with van der Waals surface area (Å²) < 4.78 is 6.56. The second-order valence-electron chi connectivity index (χ2n) is 6.04. The minimum absolute atomic E-state index is 0.0985. The summed E-state index contributed by atoms with van der Waals surface area (Å²) in [5.41, 5.74) is -0.558. The average molecular weight is 359 g/mol. The number of rotatable bonds is 4. The van der Waals surface area contributed by atoms with Gasteiger partial charge in [-0.15, -0.1) is 0 Å². The van der Waals surface area contributed by atoms with E-state index in [0.29, 0.717) is 17.0 Å². The number of ether oxygens (including phenoxy) is 1. The zero-order valence-corrected chi connectivity index (χ0v) is 13.5. The van der Waals surface area contributed by atoms with Gasteiger partial charge in [0.15, 0.2) is 22.7 Å². The monoisotopic (exact) mass is 359 g/mol.